The van der Waals surface area contributed by atoms with Crippen LogP contribution < -0.4 is 29.6 Å². The van der Waals surface area contributed by atoms with Gasteiger partial charge < -0.3 is 22.2 Å². The van der Waals surface area contributed by atoms with Gasteiger partial charge in [-0.3, -0.25) is 9.59 Å². The van der Waals surface area contributed by atoms with Crippen molar-refractivity contribution in [2.24, 2.45) is 0 Å². The van der Waals surface area contributed by atoms with Crippen molar-refractivity contribution in [3.05, 3.63) is 0 Å². The Morgan fingerprint density at radius 2 is 1.13 bits per heavy atom. The SMILES string of the molecule is CC(=O)O.CC(=O)O.N#CC(=O)O.O.[H-].[Na+]. The first-order chi connectivity index (χ1) is 5.73. The van der Waals surface area contributed by atoms with Crippen molar-refractivity contribution in [3.8, 4) is 6.07 Å². The Balaban J connectivity index is -0.0000000216. The van der Waals surface area contributed by atoms with Crippen LogP contribution in [-0.4, -0.2) is 38.7 Å². The van der Waals surface area contributed by atoms with Crippen LogP contribution in [0.4, 0.5) is 0 Å². The Kier molecular flexibility index (Phi) is 44.9. The summed E-state index contributed by atoms with van der Waals surface area (Å²) in [5, 5.41) is 29.5. The van der Waals surface area contributed by atoms with Gasteiger partial charge in [-0.1, -0.05) is 0 Å². The van der Waals surface area contributed by atoms with Crippen molar-refractivity contribution in [3.63, 3.8) is 0 Å². The first kappa shape index (κ1) is 29.2. The third-order valence-corrected chi connectivity index (χ3v) is 0.0956. The van der Waals surface area contributed by atoms with Crippen molar-refractivity contribution in [1.29, 1.82) is 5.26 Å². The Morgan fingerprint density at radius 3 is 1.13 bits per heavy atom. The van der Waals surface area contributed by atoms with E-state index in [4.69, 9.17) is 35.0 Å². The van der Waals surface area contributed by atoms with Crippen LogP contribution in [0.25, 0.3) is 0 Å². The van der Waals surface area contributed by atoms with E-state index in [1.165, 1.54) is 0 Å². The van der Waals surface area contributed by atoms with Crippen molar-refractivity contribution in [2.75, 3.05) is 0 Å². The van der Waals surface area contributed by atoms with Gasteiger partial charge in [0.25, 0.3) is 11.9 Å². The number of nitriles is 1. The quantitative estimate of drug-likeness (QED) is 0.218. The third-order valence-electron chi connectivity index (χ3n) is 0.0956. The zero-order valence-corrected chi connectivity index (χ0v) is 10.5. The molecule has 0 bridgehead atoms. The van der Waals surface area contributed by atoms with Gasteiger partial charge >= 0.3 is 35.5 Å². The van der Waals surface area contributed by atoms with Gasteiger partial charge in [0.2, 0.25) is 0 Å². The molecule has 9 heteroatoms. The molecule has 0 atom stereocenters. The summed E-state index contributed by atoms with van der Waals surface area (Å²) in [4.78, 5) is 27.0. The standard InChI is InChI=1S/C2HNO2.2C2H4O2.Na.H2O.H/c3-1-2(4)5;2*1-2(3)4;;;/h(H,4,5);2*1H3,(H,3,4);;1H2;/q;;;+1;;-1. The molecule has 0 unspecified atom stereocenters. The molecule has 0 aliphatic rings. The molecule has 0 aromatic rings. The molecule has 0 aliphatic heterocycles. The number of carboxylic acid groups (broad SMARTS) is 3. The second kappa shape index (κ2) is 23.0. The van der Waals surface area contributed by atoms with Gasteiger partial charge in [-0.25, -0.2) is 4.79 Å². The number of rotatable bonds is 0. The summed E-state index contributed by atoms with van der Waals surface area (Å²) < 4.78 is 0. The van der Waals surface area contributed by atoms with E-state index < -0.39 is 17.9 Å². The fraction of sp³-hybridized carbons (Fsp3) is 0.333. The van der Waals surface area contributed by atoms with E-state index in [0.717, 1.165) is 19.9 Å². The van der Waals surface area contributed by atoms with Gasteiger partial charge in [0.15, 0.2) is 6.07 Å². The van der Waals surface area contributed by atoms with Crippen molar-refractivity contribution in [1.82, 2.24) is 0 Å². The zero-order chi connectivity index (χ0) is 11.4. The number of hydrogen-bond donors (Lipinski definition) is 3. The second-order valence-corrected chi connectivity index (χ2v) is 1.45. The number of carboxylic acids is 3. The van der Waals surface area contributed by atoms with E-state index in [1.54, 1.807) is 0 Å². The van der Waals surface area contributed by atoms with E-state index in [9.17, 15) is 0 Å². The summed E-state index contributed by atoms with van der Waals surface area (Å²) >= 11 is 0. The van der Waals surface area contributed by atoms with E-state index in [0.29, 0.717) is 0 Å². The molecule has 0 rings (SSSR count). The van der Waals surface area contributed by atoms with Gasteiger partial charge in [-0.15, -0.1) is 0 Å². The van der Waals surface area contributed by atoms with Gasteiger partial charge in [-0.2, -0.15) is 5.26 Å². The summed E-state index contributed by atoms with van der Waals surface area (Å²) in [5.74, 6) is -3.11. The van der Waals surface area contributed by atoms with Crippen LogP contribution >= 0.6 is 0 Å². The molecule has 0 saturated heterocycles. The van der Waals surface area contributed by atoms with Gasteiger partial charge in [0.1, 0.15) is 0 Å². The predicted octanol–water partition coefficient (Wildman–Crippen LogP) is -3.93. The van der Waals surface area contributed by atoms with Crippen molar-refractivity contribution >= 4 is 17.9 Å². The fourth-order valence-corrected chi connectivity index (χ4v) is 0. The van der Waals surface area contributed by atoms with E-state index in [2.05, 4.69) is 0 Å². The first-order valence-electron chi connectivity index (χ1n) is 2.76. The van der Waals surface area contributed by atoms with Crippen LogP contribution in [0, 0.1) is 11.3 Å². The smallest absolute Gasteiger partial charge is 1.00 e. The molecule has 0 heterocycles. The summed E-state index contributed by atoms with van der Waals surface area (Å²) in [7, 11) is 0. The molecule has 0 fully saturated rings. The summed E-state index contributed by atoms with van der Waals surface area (Å²) in [6.07, 6.45) is 0. The summed E-state index contributed by atoms with van der Waals surface area (Å²) in [5.41, 5.74) is 0. The maximum absolute atomic E-state index is 9.01. The third kappa shape index (κ3) is 2050. The monoisotopic (exact) mass is 233 g/mol. The van der Waals surface area contributed by atoms with E-state index in [-0.39, 0.29) is 36.5 Å². The topological polar surface area (TPSA) is 167 Å². The molecule has 5 N–H and O–H groups in total. The minimum Gasteiger partial charge on any atom is -1.00 e. The Bertz CT molecular complexity index is 207. The van der Waals surface area contributed by atoms with Crippen molar-refractivity contribution < 1.29 is 66.2 Å². The van der Waals surface area contributed by atoms with Crippen LogP contribution in [0.2, 0.25) is 0 Å². The number of carbonyl (C=O) groups is 3. The molecular formula is C6H12NNaO7. The van der Waals surface area contributed by atoms with Gasteiger partial charge in [0.05, 0.1) is 0 Å². The molecule has 0 amide bonds. The molecule has 0 radical (unpaired) electrons. The largest absolute Gasteiger partial charge is 1.00 e. The summed E-state index contributed by atoms with van der Waals surface area (Å²) in [6, 6.07) is 0.944. The minimum absolute atomic E-state index is 0. The fourth-order valence-electron chi connectivity index (χ4n) is 0. The average Bonchev–Trinajstić information content (AvgIpc) is 1.84. The molecular weight excluding hydrogens is 221 g/mol. The number of nitrogens with zero attached hydrogens (tertiary/aromatic N) is 1. The molecule has 0 aromatic heterocycles. The Morgan fingerprint density at radius 1 is 1.07 bits per heavy atom. The molecule has 8 nitrogen and oxygen atoms in total. The van der Waals surface area contributed by atoms with E-state index >= 15 is 0 Å². The zero-order valence-electron chi connectivity index (χ0n) is 9.51. The molecule has 0 spiro atoms. The van der Waals surface area contributed by atoms with Gasteiger partial charge in [0, 0.05) is 13.8 Å². The molecule has 15 heavy (non-hydrogen) atoms. The van der Waals surface area contributed by atoms with Crippen LogP contribution in [0.3, 0.4) is 0 Å². The Labute approximate surface area is 109 Å². The molecule has 0 aromatic carbocycles. The maximum atomic E-state index is 9.01. The molecule has 84 valence electrons. The van der Waals surface area contributed by atoms with Crippen LogP contribution in [0.1, 0.15) is 15.3 Å². The number of aliphatic carboxylic acids is 3. The molecule has 0 saturated carbocycles. The first-order valence-corrected chi connectivity index (χ1v) is 2.76. The maximum Gasteiger partial charge on any atom is 1.00 e. The predicted molar refractivity (Wildman–Crippen MR) is 44.6 cm³/mol. The number of hydrogen-bond acceptors (Lipinski definition) is 4. The van der Waals surface area contributed by atoms with Crippen LogP contribution in [0.15, 0.2) is 0 Å². The van der Waals surface area contributed by atoms with Crippen molar-refractivity contribution in [2.45, 2.75) is 13.8 Å². The normalized spacial score (nSPS) is 5.13. The Hall–Kier alpha value is -1.14. The average molecular weight is 233 g/mol. The van der Waals surface area contributed by atoms with Crippen LogP contribution in [-0.2, 0) is 14.4 Å². The van der Waals surface area contributed by atoms with E-state index in [1.807, 2.05) is 0 Å². The van der Waals surface area contributed by atoms with Crippen LogP contribution in [0.5, 0.6) is 0 Å². The minimum atomic E-state index is -1.44. The van der Waals surface area contributed by atoms with Gasteiger partial charge in [-0.05, 0) is 0 Å². The molecule has 0 aliphatic carbocycles. The second-order valence-electron chi connectivity index (χ2n) is 1.45. The summed E-state index contributed by atoms with van der Waals surface area (Å²) in [6.45, 7) is 2.17.